The lowest BCUT2D eigenvalue weighted by Gasteiger charge is -2.14. The summed E-state index contributed by atoms with van der Waals surface area (Å²) in [5.74, 6) is -0.198. The molecule has 2 atom stereocenters. The Morgan fingerprint density at radius 1 is 1.92 bits per heavy atom. The molecule has 5 nitrogen and oxygen atoms in total. The molecule has 0 aliphatic carbocycles. The minimum absolute atomic E-state index is 0.198. The van der Waals surface area contributed by atoms with Crippen molar-refractivity contribution >= 4 is 5.91 Å². The van der Waals surface area contributed by atoms with Gasteiger partial charge in [0.1, 0.15) is 6.04 Å². The summed E-state index contributed by atoms with van der Waals surface area (Å²) in [6.07, 6.45) is 0.0941. The summed E-state index contributed by atoms with van der Waals surface area (Å²) >= 11 is 0. The molecule has 1 fully saturated rings. The Morgan fingerprint density at radius 3 is 3.00 bits per heavy atom. The van der Waals surface area contributed by atoms with Crippen LogP contribution in [0.4, 0.5) is 0 Å². The fourth-order valence-corrected chi connectivity index (χ4v) is 0.969. The molecule has 3 N–H and O–H groups in total. The lowest BCUT2D eigenvalue weighted by Crippen LogP contribution is -2.35. The molecule has 0 spiro atoms. The van der Waals surface area contributed by atoms with E-state index in [1.165, 1.54) is 5.06 Å². The lowest BCUT2D eigenvalue weighted by molar-refractivity contribution is -0.162. The van der Waals surface area contributed by atoms with E-state index < -0.39 is 12.1 Å². The highest BCUT2D eigenvalue weighted by Gasteiger charge is 2.29. The zero-order chi connectivity index (χ0) is 9.14. The standard InChI is InChI=1S/C7H14N2O3/c1-5(10)2-3-9-7(11)6(8)4-12-9/h5-6,10H,2-4,8H2,1H3. The van der Waals surface area contributed by atoms with Crippen LogP contribution in [-0.4, -0.2) is 41.4 Å². The van der Waals surface area contributed by atoms with Gasteiger partial charge in [-0.25, -0.2) is 5.06 Å². The molecule has 1 rings (SSSR count). The van der Waals surface area contributed by atoms with Crippen molar-refractivity contribution in [3.63, 3.8) is 0 Å². The van der Waals surface area contributed by atoms with Crippen molar-refractivity contribution in [3.05, 3.63) is 0 Å². The Kier molecular flexibility index (Phi) is 3.02. The van der Waals surface area contributed by atoms with Crippen LogP contribution in [0, 0.1) is 0 Å². The number of rotatable bonds is 3. The third kappa shape index (κ3) is 2.17. The number of hydroxylamine groups is 2. The third-order valence-corrected chi connectivity index (χ3v) is 1.72. The zero-order valence-corrected chi connectivity index (χ0v) is 7.06. The predicted molar refractivity (Wildman–Crippen MR) is 41.9 cm³/mol. The monoisotopic (exact) mass is 174 g/mol. The van der Waals surface area contributed by atoms with Gasteiger partial charge in [0.2, 0.25) is 0 Å². The van der Waals surface area contributed by atoms with Crippen molar-refractivity contribution in [1.29, 1.82) is 0 Å². The van der Waals surface area contributed by atoms with E-state index in [1.807, 2.05) is 0 Å². The van der Waals surface area contributed by atoms with E-state index in [2.05, 4.69) is 0 Å². The van der Waals surface area contributed by atoms with Crippen molar-refractivity contribution in [2.45, 2.75) is 25.5 Å². The van der Waals surface area contributed by atoms with Crippen LogP contribution in [0.2, 0.25) is 0 Å². The minimum atomic E-state index is -0.529. The summed E-state index contributed by atoms with van der Waals surface area (Å²) in [7, 11) is 0. The SMILES string of the molecule is CC(O)CCN1OCC(N)C1=O. The summed E-state index contributed by atoms with van der Waals surface area (Å²) < 4.78 is 0. The molecule has 1 aliphatic heterocycles. The Balaban J connectivity index is 2.30. The molecular weight excluding hydrogens is 160 g/mol. The highest BCUT2D eigenvalue weighted by atomic mass is 16.7. The number of carbonyl (C=O) groups is 1. The maximum absolute atomic E-state index is 11.1. The Morgan fingerprint density at radius 2 is 2.58 bits per heavy atom. The summed E-state index contributed by atoms with van der Waals surface area (Å²) in [5, 5.41) is 10.2. The molecule has 1 amide bonds. The van der Waals surface area contributed by atoms with E-state index in [-0.39, 0.29) is 12.5 Å². The summed E-state index contributed by atoms with van der Waals surface area (Å²) in [4.78, 5) is 16.1. The average Bonchev–Trinajstić information content (AvgIpc) is 2.30. The molecule has 0 aromatic rings. The first-order valence-corrected chi connectivity index (χ1v) is 3.99. The maximum atomic E-state index is 11.1. The highest BCUT2D eigenvalue weighted by Crippen LogP contribution is 2.07. The number of hydrogen-bond acceptors (Lipinski definition) is 4. The van der Waals surface area contributed by atoms with E-state index in [4.69, 9.17) is 15.7 Å². The van der Waals surface area contributed by atoms with Gasteiger partial charge in [0.15, 0.2) is 0 Å². The Bertz CT molecular complexity index is 172. The molecule has 0 bridgehead atoms. The molecule has 0 saturated carbocycles. The number of nitrogens with two attached hydrogens (primary N) is 1. The van der Waals surface area contributed by atoms with Crippen molar-refractivity contribution in [2.75, 3.05) is 13.2 Å². The lowest BCUT2D eigenvalue weighted by atomic mass is 10.3. The largest absolute Gasteiger partial charge is 0.393 e. The summed E-state index contributed by atoms with van der Waals surface area (Å²) in [6, 6.07) is -0.529. The topological polar surface area (TPSA) is 75.8 Å². The van der Waals surface area contributed by atoms with Crippen LogP contribution in [0.3, 0.4) is 0 Å². The van der Waals surface area contributed by atoms with Gasteiger partial charge in [0.05, 0.1) is 19.3 Å². The van der Waals surface area contributed by atoms with Gasteiger partial charge < -0.3 is 10.8 Å². The fraction of sp³-hybridized carbons (Fsp3) is 0.857. The van der Waals surface area contributed by atoms with Gasteiger partial charge in [0, 0.05) is 0 Å². The van der Waals surface area contributed by atoms with Crippen LogP contribution in [0.25, 0.3) is 0 Å². The molecular formula is C7H14N2O3. The molecule has 1 saturated heterocycles. The third-order valence-electron chi connectivity index (χ3n) is 1.72. The Hall–Kier alpha value is -0.650. The number of hydrogen-bond donors (Lipinski definition) is 2. The van der Waals surface area contributed by atoms with Crippen molar-refractivity contribution in [1.82, 2.24) is 5.06 Å². The normalized spacial score (nSPS) is 26.4. The van der Waals surface area contributed by atoms with Gasteiger partial charge in [-0.15, -0.1) is 0 Å². The van der Waals surface area contributed by atoms with Crippen LogP contribution in [0.5, 0.6) is 0 Å². The van der Waals surface area contributed by atoms with Crippen molar-refractivity contribution in [2.24, 2.45) is 5.73 Å². The molecule has 0 aromatic heterocycles. The smallest absolute Gasteiger partial charge is 0.265 e. The second-order valence-electron chi connectivity index (χ2n) is 2.98. The highest BCUT2D eigenvalue weighted by molar-refractivity contribution is 5.82. The van der Waals surface area contributed by atoms with Gasteiger partial charge >= 0.3 is 0 Å². The molecule has 12 heavy (non-hydrogen) atoms. The van der Waals surface area contributed by atoms with Crippen LogP contribution >= 0.6 is 0 Å². The van der Waals surface area contributed by atoms with Gasteiger partial charge in [-0.05, 0) is 13.3 Å². The van der Waals surface area contributed by atoms with E-state index in [0.29, 0.717) is 13.0 Å². The van der Waals surface area contributed by atoms with Crippen LogP contribution in [0.15, 0.2) is 0 Å². The number of aliphatic hydroxyl groups is 1. The molecule has 1 heterocycles. The molecule has 70 valence electrons. The average molecular weight is 174 g/mol. The van der Waals surface area contributed by atoms with E-state index in [9.17, 15) is 4.79 Å². The predicted octanol–water partition coefficient (Wildman–Crippen LogP) is -1.14. The van der Waals surface area contributed by atoms with E-state index in [0.717, 1.165) is 0 Å². The maximum Gasteiger partial charge on any atom is 0.265 e. The van der Waals surface area contributed by atoms with Gasteiger partial charge in [0.25, 0.3) is 5.91 Å². The molecule has 0 aromatic carbocycles. The first-order chi connectivity index (χ1) is 5.61. The number of amides is 1. The van der Waals surface area contributed by atoms with Crippen LogP contribution in [-0.2, 0) is 9.63 Å². The second-order valence-corrected chi connectivity index (χ2v) is 2.98. The van der Waals surface area contributed by atoms with Gasteiger partial charge in [-0.2, -0.15) is 0 Å². The minimum Gasteiger partial charge on any atom is -0.393 e. The molecule has 2 unspecified atom stereocenters. The number of nitrogens with zero attached hydrogens (tertiary/aromatic N) is 1. The van der Waals surface area contributed by atoms with Crippen molar-refractivity contribution < 1.29 is 14.7 Å². The first kappa shape index (κ1) is 9.44. The summed E-state index contributed by atoms with van der Waals surface area (Å²) in [6.45, 7) is 2.32. The summed E-state index contributed by atoms with van der Waals surface area (Å²) in [5.41, 5.74) is 5.40. The number of aliphatic hydroxyl groups excluding tert-OH is 1. The second kappa shape index (κ2) is 3.84. The van der Waals surface area contributed by atoms with Gasteiger partial charge in [-0.1, -0.05) is 0 Å². The fourth-order valence-electron chi connectivity index (χ4n) is 0.969. The molecule has 1 aliphatic rings. The molecule has 0 radical (unpaired) electrons. The quantitative estimate of drug-likeness (QED) is 0.567. The first-order valence-electron chi connectivity index (χ1n) is 3.99. The van der Waals surface area contributed by atoms with Gasteiger partial charge in [-0.3, -0.25) is 9.63 Å². The van der Waals surface area contributed by atoms with Crippen LogP contribution in [0.1, 0.15) is 13.3 Å². The van der Waals surface area contributed by atoms with Crippen LogP contribution < -0.4 is 5.73 Å². The molecule has 5 heteroatoms. The zero-order valence-electron chi connectivity index (χ0n) is 7.06. The van der Waals surface area contributed by atoms with Crippen molar-refractivity contribution in [3.8, 4) is 0 Å². The number of carbonyl (C=O) groups excluding carboxylic acids is 1. The van der Waals surface area contributed by atoms with E-state index >= 15 is 0 Å². The Labute approximate surface area is 71.0 Å². The van der Waals surface area contributed by atoms with E-state index in [1.54, 1.807) is 6.92 Å².